The number of likely N-dealkylation sites (N-methyl/N-ethyl adjacent to an activating group) is 1. The number of carbonyl (C=O) groups is 1. The van der Waals surface area contributed by atoms with E-state index in [0.717, 1.165) is 42.8 Å². The van der Waals surface area contributed by atoms with Crippen LogP contribution in [0.2, 0.25) is 0 Å². The minimum atomic E-state index is 0.0356. The third kappa shape index (κ3) is 4.68. The van der Waals surface area contributed by atoms with Crippen LogP contribution in [-0.2, 0) is 11.3 Å². The van der Waals surface area contributed by atoms with E-state index in [4.69, 9.17) is 15.6 Å². The van der Waals surface area contributed by atoms with E-state index in [2.05, 4.69) is 9.97 Å². The first kappa shape index (κ1) is 22.7. The number of amides is 1. The second kappa shape index (κ2) is 9.58. The maximum absolute atomic E-state index is 12.8. The van der Waals surface area contributed by atoms with Crippen LogP contribution >= 0.6 is 0 Å². The van der Waals surface area contributed by atoms with Crippen LogP contribution in [0.15, 0.2) is 36.7 Å². The fourth-order valence-electron chi connectivity index (χ4n) is 4.30. The number of likely N-dealkylation sites (tertiary alicyclic amines) is 1. The van der Waals surface area contributed by atoms with Gasteiger partial charge in [0.25, 0.3) is 0 Å². The molecule has 4 rings (SSSR count). The Balaban J connectivity index is 1.67. The number of hydrogen-bond acceptors (Lipinski definition) is 7. The van der Waals surface area contributed by atoms with Crippen molar-refractivity contribution in [2.45, 2.75) is 32.4 Å². The normalized spacial score (nSPS) is 16.4. The zero-order valence-corrected chi connectivity index (χ0v) is 19.7. The molecule has 0 spiro atoms. The summed E-state index contributed by atoms with van der Waals surface area (Å²) in [7, 11) is 5.61. The number of benzene rings is 1. The van der Waals surface area contributed by atoms with E-state index in [9.17, 15) is 4.79 Å². The minimum Gasteiger partial charge on any atom is -0.496 e. The largest absolute Gasteiger partial charge is 0.496 e. The van der Waals surface area contributed by atoms with Crippen LogP contribution in [0.4, 0.5) is 5.82 Å². The molecule has 3 aromatic rings. The van der Waals surface area contributed by atoms with Gasteiger partial charge >= 0.3 is 0 Å². The number of anilines is 1. The Labute approximate surface area is 193 Å². The second-order valence-corrected chi connectivity index (χ2v) is 8.66. The molecule has 1 aliphatic rings. The van der Waals surface area contributed by atoms with Crippen molar-refractivity contribution in [2.75, 3.05) is 40.0 Å². The third-order valence-corrected chi connectivity index (χ3v) is 6.01. The van der Waals surface area contributed by atoms with Crippen molar-refractivity contribution >= 4 is 22.8 Å². The van der Waals surface area contributed by atoms with Gasteiger partial charge in [-0.3, -0.25) is 4.79 Å². The van der Waals surface area contributed by atoms with Crippen LogP contribution in [0.25, 0.3) is 22.3 Å². The van der Waals surface area contributed by atoms with Gasteiger partial charge in [0.1, 0.15) is 23.6 Å². The lowest BCUT2D eigenvalue weighted by Crippen LogP contribution is -2.37. The van der Waals surface area contributed by atoms with Crippen LogP contribution in [-0.4, -0.2) is 75.8 Å². The van der Waals surface area contributed by atoms with E-state index in [1.165, 1.54) is 6.33 Å². The summed E-state index contributed by atoms with van der Waals surface area (Å²) in [4.78, 5) is 25.4. The molecule has 1 fully saturated rings. The Hall–Kier alpha value is -3.46. The zero-order valence-electron chi connectivity index (χ0n) is 19.7. The van der Waals surface area contributed by atoms with E-state index in [0.29, 0.717) is 29.1 Å². The highest BCUT2D eigenvalue weighted by Gasteiger charge is 2.29. The average molecular weight is 450 g/mol. The molecule has 9 heteroatoms. The third-order valence-electron chi connectivity index (χ3n) is 6.01. The molecule has 2 N–H and O–H groups in total. The van der Waals surface area contributed by atoms with Gasteiger partial charge in [-0.25, -0.2) is 14.6 Å². The van der Waals surface area contributed by atoms with Crippen LogP contribution in [0.1, 0.15) is 18.4 Å². The lowest BCUT2D eigenvalue weighted by Gasteiger charge is -2.23. The van der Waals surface area contributed by atoms with Gasteiger partial charge in [-0.1, -0.05) is 18.2 Å². The number of hydrogen-bond donors (Lipinski definition) is 1. The van der Waals surface area contributed by atoms with Gasteiger partial charge in [-0.15, -0.1) is 0 Å². The van der Waals surface area contributed by atoms with Gasteiger partial charge in [0, 0.05) is 24.7 Å². The number of aryl methyl sites for hydroxylation is 1. The highest BCUT2D eigenvalue weighted by Crippen LogP contribution is 2.33. The summed E-state index contributed by atoms with van der Waals surface area (Å²) < 4.78 is 7.36. The summed E-state index contributed by atoms with van der Waals surface area (Å²) in [5, 5.41) is 5.60. The zero-order chi connectivity index (χ0) is 23.5. The maximum Gasteiger partial charge on any atom is 0.246 e. The van der Waals surface area contributed by atoms with Gasteiger partial charge < -0.3 is 20.3 Å². The Morgan fingerprint density at radius 2 is 2.15 bits per heavy atom. The summed E-state index contributed by atoms with van der Waals surface area (Å²) in [6.45, 7) is 4.01. The molecular formula is C24H31N7O2. The van der Waals surface area contributed by atoms with Crippen LogP contribution in [0, 0.1) is 6.92 Å². The smallest absolute Gasteiger partial charge is 0.246 e. The van der Waals surface area contributed by atoms with Crippen molar-refractivity contribution in [1.82, 2.24) is 29.5 Å². The number of nitrogens with zero attached hydrogens (tertiary/aromatic N) is 6. The molecule has 1 atom stereocenters. The molecule has 1 saturated heterocycles. The van der Waals surface area contributed by atoms with Crippen LogP contribution in [0.3, 0.4) is 0 Å². The van der Waals surface area contributed by atoms with Crippen molar-refractivity contribution in [3.8, 4) is 17.0 Å². The van der Waals surface area contributed by atoms with E-state index in [1.807, 2.05) is 59.8 Å². The van der Waals surface area contributed by atoms with E-state index in [-0.39, 0.29) is 11.9 Å². The number of ether oxygens (including phenoxy) is 1. The van der Waals surface area contributed by atoms with Gasteiger partial charge in [-0.05, 0) is 45.5 Å². The first-order valence-electron chi connectivity index (χ1n) is 11.1. The maximum atomic E-state index is 12.8. The Bertz CT molecular complexity index is 1190. The molecule has 1 aliphatic heterocycles. The van der Waals surface area contributed by atoms with Crippen molar-refractivity contribution < 1.29 is 9.53 Å². The fraction of sp³-hybridized carbons (Fsp3) is 0.417. The van der Waals surface area contributed by atoms with Gasteiger partial charge in [0.15, 0.2) is 5.65 Å². The molecule has 0 saturated carbocycles. The molecular weight excluding hydrogens is 418 g/mol. The van der Waals surface area contributed by atoms with Crippen LogP contribution < -0.4 is 10.5 Å². The van der Waals surface area contributed by atoms with Crippen molar-refractivity contribution in [2.24, 2.45) is 0 Å². The minimum absolute atomic E-state index is 0.0356. The summed E-state index contributed by atoms with van der Waals surface area (Å²) in [6.07, 6.45) is 6.91. The fourth-order valence-corrected chi connectivity index (χ4v) is 4.30. The summed E-state index contributed by atoms with van der Waals surface area (Å²) in [5.41, 5.74) is 9.56. The highest BCUT2D eigenvalue weighted by molar-refractivity contribution is 5.98. The predicted octanol–water partition coefficient (Wildman–Crippen LogP) is 2.50. The first-order valence-corrected chi connectivity index (χ1v) is 11.1. The summed E-state index contributed by atoms with van der Waals surface area (Å²) in [5.74, 6) is 1.20. The van der Waals surface area contributed by atoms with E-state index >= 15 is 0 Å². The predicted molar refractivity (Wildman–Crippen MR) is 129 cm³/mol. The van der Waals surface area contributed by atoms with Gasteiger partial charge in [0.2, 0.25) is 5.91 Å². The lowest BCUT2D eigenvalue weighted by molar-refractivity contribution is -0.127. The number of aromatic nitrogens is 4. The first-order chi connectivity index (χ1) is 15.9. The lowest BCUT2D eigenvalue weighted by atomic mass is 10.1. The van der Waals surface area contributed by atoms with Crippen molar-refractivity contribution in [3.05, 3.63) is 42.2 Å². The van der Waals surface area contributed by atoms with E-state index < -0.39 is 0 Å². The Morgan fingerprint density at radius 3 is 2.91 bits per heavy atom. The van der Waals surface area contributed by atoms with Gasteiger partial charge in [0.05, 0.1) is 25.1 Å². The molecule has 0 radical (unpaired) electrons. The standard InChI is InChI=1S/C24H31N7O2/c1-16-9-10-17(13-19(16)33-4)22-21-23(25)26-15-27-24(21)31(28-22)14-18-7-5-12-30(18)20(32)8-6-11-29(2)3/h6,8-10,13,15,18H,5,7,11-12,14H2,1-4H3,(H2,25,26,27)/t18-/m0/s1. The average Bonchev–Trinajstić information content (AvgIpc) is 3.40. The van der Waals surface area contributed by atoms with Crippen molar-refractivity contribution in [3.63, 3.8) is 0 Å². The quantitative estimate of drug-likeness (QED) is 0.553. The number of carbonyl (C=O) groups excluding carboxylic acids is 1. The van der Waals surface area contributed by atoms with Crippen LogP contribution in [0.5, 0.6) is 5.75 Å². The number of fused-ring (bicyclic) bond motifs is 1. The second-order valence-electron chi connectivity index (χ2n) is 8.66. The summed E-state index contributed by atoms with van der Waals surface area (Å²) >= 11 is 0. The molecule has 3 heterocycles. The Morgan fingerprint density at radius 1 is 1.33 bits per heavy atom. The molecule has 0 aliphatic carbocycles. The topological polar surface area (TPSA) is 102 Å². The number of nitrogen functional groups attached to an aromatic ring is 1. The molecule has 1 aromatic carbocycles. The molecule has 1 amide bonds. The number of nitrogens with two attached hydrogens (primary N) is 1. The molecule has 174 valence electrons. The SMILES string of the molecule is COc1cc(-c2nn(C[C@@H]3CCCN3C(=O)C=CCN(C)C)c3ncnc(N)c23)ccc1C. The number of methoxy groups -OCH3 is 1. The number of rotatable bonds is 7. The monoisotopic (exact) mass is 449 g/mol. The molecule has 0 bridgehead atoms. The Kier molecular flexibility index (Phi) is 6.60. The molecule has 9 nitrogen and oxygen atoms in total. The molecule has 0 unspecified atom stereocenters. The van der Waals surface area contributed by atoms with Crippen molar-refractivity contribution in [1.29, 1.82) is 0 Å². The highest BCUT2D eigenvalue weighted by atomic mass is 16.5. The molecule has 2 aromatic heterocycles. The summed E-state index contributed by atoms with van der Waals surface area (Å²) in [6, 6.07) is 5.99. The van der Waals surface area contributed by atoms with E-state index in [1.54, 1.807) is 13.2 Å². The van der Waals surface area contributed by atoms with Gasteiger partial charge in [-0.2, -0.15) is 5.10 Å². The molecule has 33 heavy (non-hydrogen) atoms.